The summed E-state index contributed by atoms with van der Waals surface area (Å²) in [6, 6.07) is 0.118. The summed E-state index contributed by atoms with van der Waals surface area (Å²) >= 11 is 0. The lowest BCUT2D eigenvalue weighted by Crippen LogP contribution is -2.51. The van der Waals surface area contributed by atoms with Crippen molar-refractivity contribution in [3.05, 3.63) is 0 Å². The summed E-state index contributed by atoms with van der Waals surface area (Å²) in [7, 11) is 0. The van der Waals surface area contributed by atoms with E-state index in [1.54, 1.807) is 0 Å². The van der Waals surface area contributed by atoms with Gasteiger partial charge < -0.3 is 16.0 Å². The minimum atomic E-state index is 0.0878. The van der Waals surface area contributed by atoms with Gasteiger partial charge in [-0.1, -0.05) is 0 Å². The summed E-state index contributed by atoms with van der Waals surface area (Å²) in [5.74, 6) is 0.324. The van der Waals surface area contributed by atoms with Gasteiger partial charge in [0.25, 0.3) is 0 Å². The predicted octanol–water partition coefficient (Wildman–Crippen LogP) is -0.619. The van der Waals surface area contributed by atoms with Crippen LogP contribution < -0.4 is 16.0 Å². The summed E-state index contributed by atoms with van der Waals surface area (Å²) in [4.78, 5) is 22.8. The van der Waals surface area contributed by atoms with Crippen LogP contribution in [0.5, 0.6) is 0 Å². The monoisotopic (exact) mass is 225 g/mol. The van der Waals surface area contributed by atoms with Crippen molar-refractivity contribution in [1.82, 2.24) is 16.0 Å². The van der Waals surface area contributed by atoms with Gasteiger partial charge in [0.1, 0.15) is 0 Å². The Labute approximate surface area is 95.3 Å². The molecule has 2 saturated heterocycles. The van der Waals surface area contributed by atoms with Gasteiger partial charge in [-0.15, -0.1) is 0 Å². The summed E-state index contributed by atoms with van der Waals surface area (Å²) in [5.41, 5.74) is 0. The average Bonchev–Trinajstić information content (AvgIpc) is 2.33. The molecule has 2 fully saturated rings. The van der Waals surface area contributed by atoms with Crippen LogP contribution in [0.3, 0.4) is 0 Å². The second-order valence-corrected chi connectivity index (χ2v) is 4.59. The minimum Gasteiger partial charge on any atom is -0.354 e. The lowest BCUT2D eigenvalue weighted by atomic mass is 9.97. The molecule has 0 bridgehead atoms. The van der Waals surface area contributed by atoms with E-state index >= 15 is 0 Å². The lowest BCUT2D eigenvalue weighted by molar-refractivity contribution is -0.128. The minimum absolute atomic E-state index is 0.0878. The van der Waals surface area contributed by atoms with Crippen molar-refractivity contribution in [2.24, 2.45) is 5.92 Å². The standard InChI is InChI=1S/C11H19N3O2/c15-10-4-3-9(7-13-10)14-11(16)8-2-1-5-12-6-8/h8-9,12H,1-7H2,(H,13,15)(H,14,16). The van der Waals surface area contributed by atoms with E-state index in [2.05, 4.69) is 16.0 Å². The second-order valence-electron chi connectivity index (χ2n) is 4.59. The van der Waals surface area contributed by atoms with Crippen LogP contribution >= 0.6 is 0 Å². The van der Waals surface area contributed by atoms with Crippen LogP contribution in [-0.4, -0.2) is 37.5 Å². The molecule has 2 aliphatic rings. The van der Waals surface area contributed by atoms with Gasteiger partial charge in [0.05, 0.1) is 5.92 Å². The Kier molecular flexibility index (Phi) is 3.77. The van der Waals surface area contributed by atoms with Crippen molar-refractivity contribution in [3.8, 4) is 0 Å². The summed E-state index contributed by atoms with van der Waals surface area (Å²) in [6.07, 6.45) is 3.32. The number of nitrogens with one attached hydrogen (secondary N) is 3. The van der Waals surface area contributed by atoms with Gasteiger partial charge in [-0.2, -0.15) is 0 Å². The molecule has 2 aliphatic heterocycles. The fraction of sp³-hybridized carbons (Fsp3) is 0.818. The van der Waals surface area contributed by atoms with Crippen molar-refractivity contribution in [2.75, 3.05) is 19.6 Å². The van der Waals surface area contributed by atoms with Gasteiger partial charge in [-0.25, -0.2) is 0 Å². The normalized spacial score (nSPS) is 30.6. The van der Waals surface area contributed by atoms with Gasteiger partial charge in [0, 0.05) is 25.6 Å². The largest absolute Gasteiger partial charge is 0.354 e. The van der Waals surface area contributed by atoms with Crippen LogP contribution in [0.15, 0.2) is 0 Å². The third-order valence-electron chi connectivity index (χ3n) is 3.28. The molecule has 5 heteroatoms. The molecule has 16 heavy (non-hydrogen) atoms. The molecular weight excluding hydrogens is 206 g/mol. The maximum absolute atomic E-state index is 11.9. The number of hydrogen-bond acceptors (Lipinski definition) is 3. The molecule has 3 N–H and O–H groups in total. The Morgan fingerprint density at radius 3 is 2.81 bits per heavy atom. The maximum atomic E-state index is 11.9. The topological polar surface area (TPSA) is 70.2 Å². The van der Waals surface area contributed by atoms with Crippen molar-refractivity contribution >= 4 is 11.8 Å². The van der Waals surface area contributed by atoms with E-state index in [4.69, 9.17) is 0 Å². The number of rotatable bonds is 2. The van der Waals surface area contributed by atoms with Crippen molar-refractivity contribution in [3.63, 3.8) is 0 Å². The molecular formula is C11H19N3O2. The fourth-order valence-corrected chi connectivity index (χ4v) is 2.25. The molecule has 0 aromatic heterocycles. The second kappa shape index (κ2) is 5.30. The Balaban J connectivity index is 1.75. The molecule has 2 rings (SSSR count). The van der Waals surface area contributed by atoms with Crippen LogP contribution in [-0.2, 0) is 9.59 Å². The van der Waals surface area contributed by atoms with Gasteiger partial charge >= 0.3 is 0 Å². The fourth-order valence-electron chi connectivity index (χ4n) is 2.25. The zero-order chi connectivity index (χ0) is 11.4. The summed E-state index contributed by atoms with van der Waals surface area (Å²) < 4.78 is 0. The van der Waals surface area contributed by atoms with Crippen LogP contribution in [0.2, 0.25) is 0 Å². The highest BCUT2D eigenvalue weighted by Gasteiger charge is 2.25. The number of hydrogen-bond donors (Lipinski definition) is 3. The SMILES string of the molecule is O=C1CCC(NC(=O)C2CCCNC2)CN1. The van der Waals surface area contributed by atoms with Crippen LogP contribution in [0.4, 0.5) is 0 Å². The molecule has 2 unspecified atom stereocenters. The molecule has 90 valence electrons. The highest BCUT2D eigenvalue weighted by Crippen LogP contribution is 2.11. The Morgan fingerprint density at radius 2 is 2.19 bits per heavy atom. The smallest absolute Gasteiger partial charge is 0.224 e. The van der Waals surface area contributed by atoms with E-state index in [-0.39, 0.29) is 23.8 Å². The van der Waals surface area contributed by atoms with Crippen LogP contribution in [0.25, 0.3) is 0 Å². The van der Waals surface area contributed by atoms with E-state index in [0.29, 0.717) is 13.0 Å². The first kappa shape index (κ1) is 11.4. The van der Waals surface area contributed by atoms with Gasteiger partial charge in [-0.05, 0) is 25.8 Å². The highest BCUT2D eigenvalue weighted by molar-refractivity contribution is 5.80. The van der Waals surface area contributed by atoms with Crippen LogP contribution in [0.1, 0.15) is 25.7 Å². The Morgan fingerprint density at radius 1 is 1.31 bits per heavy atom. The summed E-state index contributed by atoms with van der Waals surface area (Å²) in [5, 5.41) is 9.02. The first-order valence-corrected chi connectivity index (χ1v) is 6.03. The lowest BCUT2D eigenvalue weighted by Gasteiger charge is -2.27. The van der Waals surface area contributed by atoms with Crippen LogP contribution in [0, 0.1) is 5.92 Å². The first-order valence-electron chi connectivity index (χ1n) is 6.03. The van der Waals surface area contributed by atoms with E-state index in [1.165, 1.54) is 0 Å². The van der Waals surface area contributed by atoms with Gasteiger partial charge in [-0.3, -0.25) is 9.59 Å². The quantitative estimate of drug-likeness (QED) is 0.586. The van der Waals surface area contributed by atoms with Crippen molar-refractivity contribution in [1.29, 1.82) is 0 Å². The Bertz CT molecular complexity index is 264. The number of carbonyl (C=O) groups excluding carboxylic acids is 2. The maximum Gasteiger partial charge on any atom is 0.224 e. The molecule has 0 radical (unpaired) electrons. The van der Waals surface area contributed by atoms with Gasteiger partial charge in [0.2, 0.25) is 11.8 Å². The third kappa shape index (κ3) is 2.95. The molecule has 0 aromatic carbocycles. The molecule has 2 amide bonds. The molecule has 2 atom stereocenters. The number of carbonyl (C=O) groups is 2. The van der Waals surface area contributed by atoms with E-state index in [1.807, 2.05) is 0 Å². The molecule has 2 heterocycles. The van der Waals surface area contributed by atoms with E-state index in [0.717, 1.165) is 32.4 Å². The average molecular weight is 225 g/mol. The zero-order valence-electron chi connectivity index (χ0n) is 9.42. The Hall–Kier alpha value is -1.10. The number of amides is 2. The van der Waals surface area contributed by atoms with E-state index in [9.17, 15) is 9.59 Å². The van der Waals surface area contributed by atoms with Crippen molar-refractivity contribution < 1.29 is 9.59 Å². The highest BCUT2D eigenvalue weighted by atomic mass is 16.2. The molecule has 5 nitrogen and oxygen atoms in total. The first-order chi connectivity index (χ1) is 7.75. The zero-order valence-corrected chi connectivity index (χ0v) is 9.42. The molecule has 0 aromatic rings. The molecule has 0 spiro atoms. The van der Waals surface area contributed by atoms with E-state index < -0.39 is 0 Å². The predicted molar refractivity (Wildman–Crippen MR) is 59.8 cm³/mol. The summed E-state index contributed by atoms with van der Waals surface area (Å²) in [6.45, 7) is 2.37. The molecule has 0 aliphatic carbocycles. The third-order valence-corrected chi connectivity index (χ3v) is 3.28. The number of piperidine rings is 2. The van der Waals surface area contributed by atoms with Gasteiger partial charge in [0.15, 0.2) is 0 Å². The molecule has 0 saturated carbocycles. The van der Waals surface area contributed by atoms with Crippen molar-refractivity contribution in [2.45, 2.75) is 31.7 Å².